The van der Waals surface area contributed by atoms with Gasteiger partial charge in [0.2, 0.25) is 0 Å². The zero-order chi connectivity index (χ0) is 14.6. The molecule has 0 aliphatic carbocycles. The molecular formula is C16H31NO. The molecule has 0 atom stereocenters. The minimum absolute atomic E-state index is 0.0568. The Hall–Kier alpha value is -0.890. The van der Waals surface area contributed by atoms with Gasteiger partial charge in [-0.2, -0.15) is 0 Å². The molecule has 18 heavy (non-hydrogen) atoms. The summed E-state index contributed by atoms with van der Waals surface area (Å²) in [5.74, 6) is 0. The number of rotatable bonds is 2. The molecule has 1 aliphatic rings. The molecule has 2 nitrogen and oxygen atoms in total. The number of nitrogens with zero attached hydrogens (tertiary/aromatic N) is 1. The number of hydrogen-bond acceptors (Lipinski definition) is 2. The lowest BCUT2D eigenvalue weighted by molar-refractivity contribution is 0.0825. The predicted molar refractivity (Wildman–Crippen MR) is 83.6 cm³/mol. The molecule has 0 saturated heterocycles. The minimum atomic E-state index is 0.0568. The van der Waals surface area contributed by atoms with Gasteiger partial charge in [0.1, 0.15) is 0 Å². The van der Waals surface area contributed by atoms with Crippen LogP contribution in [0.5, 0.6) is 0 Å². The van der Waals surface area contributed by atoms with E-state index in [0.29, 0.717) is 6.61 Å². The molecule has 0 radical (unpaired) electrons. The summed E-state index contributed by atoms with van der Waals surface area (Å²) < 4.78 is 5.47. The Balaban J connectivity index is 0. The van der Waals surface area contributed by atoms with Gasteiger partial charge in [-0.05, 0) is 11.1 Å². The Morgan fingerprint density at radius 2 is 1.83 bits per heavy atom. The third-order valence-corrected chi connectivity index (χ3v) is 2.30. The Morgan fingerprint density at radius 1 is 1.33 bits per heavy atom. The van der Waals surface area contributed by atoms with Crippen molar-refractivity contribution in [2.75, 3.05) is 20.3 Å². The third kappa shape index (κ3) is 6.75. The standard InChI is InChI=1S/C11H17NO.C3H8.C2H6/c1-5-9-7-13-8-11(2,3)10(9)6-12-4;1-3-2;1-2/h5-6H,1,7-8H2,2-4H3;3H2,1-2H3;1-2H3. The SMILES string of the molecule is C=CC1=C(C=NC)C(C)(C)COC1.CC.CCC. The first kappa shape index (κ1) is 19.4. The van der Waals surface area contributed by atoms with Gasteiger partial charge in [-0.25, -0.2) is 0 Å². The van der Waals surface area contributed by atoms with E-state index < -0.39 is 0 Å². The van der Waals surface area contributed by atoms with Gasteiger partial charge in [0.25, 0.3) is 0 Å². The molecule has 0 aromatic heterocycles. The quantitative estimate of drug-likeness (QED) is 0.655. The second-order valence-electron chi connectivity index (χ2n) is 4.61. The molecule has 2 heteroatoms. The van der Waals surface area contributed by atoms with E-state index in [1.54, 1.807) is 7.05 Å². The fraction of sp³-hybridized carbons (Fsp3) is 0.688. The van der Waals surface area contributed by atoms with Gasteiger partial charge >= 0.3 is 0 Å². The van der Waals surface area contributed by atoms with Gasteiger partial charge in [-0.1, -0.05) is 60.6 Å². The van der Waals surface area contributed by atoms with Crippen LogP contribution in [0.15, 0.2) is 28.8 Å². The first-order valence-corrected chi connectivity index (χ1v) is 6.89. The molecule has 0 aromatic rings. The normalized spacial score (nSPS) is 17.5. The van der Waals surface area contributed by atoms with E-state index >= 15 is 0 Å². The van der Waals surface area contributed by atoms with Gasteiger partial charge in [0, 0.05) is 18.7 Å². The first-order valence-electron chi connectivity index (χ1n) is 6.89. The average molecular weight is 253 g/mol. The fourth-order valence-corrected chi connectivity index (χ4v) is 1.56. The van der Waals surface area contributed by atoms with E-state index in [1.165, 1.54) is 12.0 Å². The van der Waals surface area contributed by atoms with Crippen LogP contribution in [0.1, 0.15) is 48.0 Å². The molecule has 0 fully saturated rings. The van der Waals surface area contributed by atoms with Crippen LogP contribution >= 0.6 is 0 Å². The highest BCUT2D eigenvalue weighted by atomic mass is 16.5. The second-order valence-corrected chi connectivity index (χ2v) is 4.61. The van der Waals surface area contributed by atoms with Crippen molar-refractivity contribution in [3.05, 3.63) is 23.8 Å². The van der Waals surface area contributed by atoms with Gasteiger partial charge < -0.3 is 4.74 Å². The second kappa shape index (κ2) is 11.2. The van der Waals surface area contributed by atoms with Crippen LogP contribution in [0.2, 0.25) is 0 Å². The maximum Gasteiger partial charge on any atom is 0.0720 e. The van der Waals surface area contributed by atoms with Crippen molar-refractivity contribution in [1.29, 1.82) is 0 Å². The van der Waals surface area contributed by atoms with Crippen LogP contribution in [-0.2, 0) is 4.74 Å². The van der Waals surface area contributed by atoms with Crippen LogP contribution in [0.3, 0.4) is 0 Å². The highest BCUT2D eigenvalue weighted by Crippen LogP contribution is 2.32. The molecule has 0 spiro atoms. The van der Waals surface area contributed by atoms with Crippen molar-refractivity contribution >= 4 is 6.21 Å². The Labute approximate surface area is 114 Å². The number of aliphatic imine (C=N–C) groups is 1. The molecule has 0 saturated carbocycles. The summed E-state index contributed by atoms with van der Waals surface area (Å²) in [5, 5.41) is 0. The molecular weight excluding hydrogens is 222 g/mol. The van der Waals surface area contributed by atoms with E-state index in [-0.39, 0.29) is 5.41 Å². The molecule has 0 aromatic carbocycles. The summed E-state index contributed by atoms with van der Waals surface area (Å²) in [6.07, 6.45) is 5.03. The molecule has 0 unspecified atom stereocenters. The largest absolute Gasteiger partial charge is 0.376 e. The average Bonchev–Trinajstić information content (AvgIpc) is 2.35. The topological polar surface area (TPSA) is 21.6 Å². The number of hydrogen-bond donors (Lipinski definition) is 0. The third-order valence-electron chi connectivity index (χ3n) is 2.30. The molecule has 1 rings (SSSR count). The zero-order valence-corrected chi connectivity index (χ0v) is 13.3. The molecule has 0 bridgehead atoms. The Kier molecular flexibility index (Phi) is 12.1. The van der Waals surface area contributed by atoms with Gasteiger partial charge in [0.05, 0.1) is 13.2 Å². The van der Waals surface area contributed by atoms with E-state index in [0.717, 1.165) is 12.2 Å². The van der Waals surface area contributed by atoms with E-state index in [1.807, 2.05) is 26.1 Å². The van der Waals surface area contributed by atoms with E-state index in [4.69, 9.17) is 4.74 Å². The molecule has 0 amide bonds. The first-order chi connectivity index (χ1) is 8.53. The van der Waals surface area contributed by atoms with Crippen molar-refractivity contribution in [1.82, 2.24) is 0 Å². The zero-order valence-electron chi connectivity index (χ0n) is 13.3. The van der Waals surface area contributed by atoms with Crippen molar-refractivity contribution in [2.24, 2.45) is 10.4 Å². The summed E-state index contributed by atoms with van der Waals surface area (Å²) in [6, 6.07) is 0. The lowest BCUT2D eigenvalue weighted by atomic mass is 9.81. The smallest absolute Gasteiger partial charge is 0.0720 e. The summed E-state index contributed by atoms with van der Waals surface area (Å²) in [5.41, 5.74) is 2.46. The Morgan fingerprint density at radius 3 is 2.22 bits per heavy atom. The highest BCUT2D eigenvalue weighted by Gasteiger charge is 2.28. The van der Waals surface area contributed by atoms with Crippen LogP contribution in [-0.4, -0.2) is 26.5 Å². The van der Waals surface area contributed by atoms with Crippen molar-refractivity contribution in [3.8, 4) is 0 Å². The fourth-order valence-electron chi connectivity index (χ4n) is 1.56. The monoisotopic (exact) mass is 253 g/mol. The van der Waals surface area contributed by atoms with Crippen LogP contribution in [0.4, 0.5) is 0 Å². The predicted octanol–water partition coefficient (Wildman–Crippen LogP) is 4.67. The molecule has 106 valence electrons. The molecule has 1 heterocycles. The van der Waals surface area contributed by atoms with Crippen molar-refractivity contribution < 1.29 is 4.74 Å². The summed E-state index contributed by atoms with van der Waals surface area (Å²) in [7, 11) is 1.79. The van der Waals surface area contributed by atoms with Gasteiger partial charge in [0.15, 0.2) is 0 Å². The lowest BCUT2D eigenvalue weighted by Crippen LogP contribution is -2.29. The summed E-state index contributed by atoms with van der Waals surface area (Å²) in [4.78, 5) is 4.07. The minimum Gasteiger partial charge on any atom is -0.376 e. The molecule has 1 aliphatic heterocycles. The van der Waals surface area contributed by atoms with E-state index in [2.05, 4.69) is 39.3 Å². The van der Waals surface area contributed by atoms with Crippen molar-refractivity contribution in [3.63, 3.8) is 0 Å². The van der Waals surface area contributed by atoms with Gasteiger partial charge in [-0.3, -0.25) is 4.99 Å². The van der Waals surface area contributed by atoms with Crippen LogP contribution in [0, 0.1) is 5.41 Å². The maximum absolute atomic E-state index is 5.47. The summed E-state index contributed by atoms with van der Waals surface area (Å²) in [6.45, 7) is 17.8. The Bertz CT molecular complexity index is 275. The molecule has 0 N–H and O–H groups in total. The highest BCUT2D eigenvalue weighted by molar-refractivity contribution is 5.82. The van der Waals surface area contributed by atoms with Gasteiger partial charge in [-0.15, -0.1) is 0 Å². The lowest BCUT2D eigenvalue weighted by Gasteiger charge is -2.32. The van der Waals surface area contributed by atoms with Crippen molar-refractivity contribution in [2.45, 2.75) is 48.0 Å². The number of ether oxygens (including phenoxy) is 1. The maximum atomic E-state index is 5.47. The van der Waals surface area contributed by atoms with E-state index in [9.17, 15) is 0 Å². The summed E-state index contributed by atoms with van der Waals surface area (Å²) >= 11 is 0. The van der Waals surface area contributed by atoms with Crippen LogP contribution < -0.4 is 0 Å². The van der Waals surface area contributed by atoms with Crippen LogP contribution in [0.25, 0.3) is 0 Å².